The second-order valence-electron chi connectivity index (χ2n) is 3.74. The largest absolute Gasteiger partial charge is 0.477 e. The highest BCUT2D eigenvalue weighted by Crippen LogP contribution is 2.31. The van der Waals surface area contributed by atoms with Gasteiger partial charge in [-0.05, 0) is 6.07 Å². The van der Waals surface area contributed by atoms with Crippen molar-refractivity contribution in [2.45, 2.75) is 0 Å². The van der Waals surface area contributed by atoms with Gasteiger partial charge in [0, 0.05) is 17.1 Å². The quantitative estimate of drug-likeness (QED) is 0.728. The number of aromatic nitrogens is 2. The molecule has 0 saturated heterocycles. The maximum absolute atomic E-state index is 13.5. The van der Waals surface area contributed by atoms with Crippen LogP contribution in [0.3, 0.4) is 0 Å². The van der Waals surface area contributed by atoms with Gasteiger partial charge in [0.1, 0.15) is 11.4 Å². The maximum Gasteiger partial charge on any atom is 0.341 e. The summed E-state index contributed by atoms with van der Waals surface area (Å²) in [6.45, 7) is 0. The van der Waals surface area contributed by atoms with Crippen LogP contribution in [0.15, 0.2) is 35.1 Å². The number of nitrogens with zero attached hydrogens (tertiary/aromatic N) is 1. The molecule has 1 aromatic carbocycles. The zero-order valence-corrected chi connectivity index (χ0v) is 8.98. The number of carbonyl (C=O) groups is 1. The molecular formula is C12H7FN2O3. The van der Waals surface area contributed by atoms with Crippen LogP contribution >= 0.6 is 0 Å². The summed E-state index contributed by atoms with van der Waals surface area (Å²) in [4.78, 5) is 13.8. The summed E-state index contributed by atoms with van der Waals surface area (Å²) in [7, 11) is 0. The normalized spacial score (nSPS) is 10.9. The van der Waals surface area contributed by atoms with E-state index in [1.54, 1.807) is 12.1 Å². The molecule has 0 spiro atoms. The zero-order chi connectivity index (χ0) is 12.7. The molecule has 2 N–H and O–H groups in total. The minimum Gasteiger partial charge on any atom is -0.477 e. The molecule has 6 heteroatoms. The molecule has 0 fully saturated rings. The molecular weight excluding hydrogens is 239 g/mol. The van der Waals surface area contributed by atoms with Crippen LogP contribution in [0.5, 0.6) is 0 Å². The van der Waals surface area contributed by atoms with Crippen molar-refractivity contribution in [1.82, 2.24) is 10.1 Å². The monoisotopic (exact) mass is 246 g/mol. The second-order valence-corrected chi connectivity index (χ2v) is 3.74. The number of H-pyrrole nitrogens is 1. The van der Waals surface area contributed by atoms with E-state index < -0.39 is 11.8 Å². The van der Waals surface area contributed by atoms with Gasteiger partial charge in [-0.2, -0.15) is 0 Å². The molecule has 0 bridgehead atoms. The van der Waals surface area contributed by atoms with Crippen molar-refractivity contribution in [3.8, 4) is 11.3 Å². The molecule has 0 aliphatic heterocycles. The lowest BCUT2D eigenvalue weighted by atomic mass is 10.1. The highest BCUT2D eigenvalue weighted by molar-refractivity contribution is 6.01. The highest BCUT2D eigenvalue weighted by atomic mass is 19.1. The molecule has 0 saturated carbocycles. The first kappa shape index (κ1) is 10.5. The fraction of sp³-hybridized carbons (Fsp3) is 0. The Morgan fingerprint density at radius 3 is 3.06 bits per heavy atom. The van der Waals surface area contributed by atoms with Gasteiger partial charge in [-0.15, -0.1) is 0 Å². The van der Waals surface area contributed by atoms with Crippen molar-refractivity contribution < 1.29 is 18.8 Å². The number of aromatic amines is 1. The first-order valence-corrected chi connectivity index (χ1v) is 5.12. The Morgan fingerprint density at radius 2 is 2.28 bits per heavy atom. The number of hydrogen-bond donors (Lipinski definition) is 2. The van der Waals surface area contributed by atoms with E-state index in [0.29, 0.717) is 16.5 Å². The van der Waals surface area contributed by atoms with Gasteiger partial charge in [0.05, 0.1) is 11.7 Å². The molecule has 0 atom stereocenters. The number of carboxylic acid groups (broad SMARTS) is 1. The molecule has 90 valence electrons. The average Bonchev–Trinajstić information content (AvgIpc) is 2.94. The summed E-state index contributed by atoms with van der Waals surface area (Å²) in [6, 6.07) is 4.55. The van der Waals surface area contributed by atoms with E-state index in [2.05, 4.69) is 10.1 Å². The summed E-state index contributed by atoms with van der Waals surface area (Å²) in [5.41, 5.74) is 0.722. The number of rotatable bonds is 2. The summed E-state index contributed by atoms with van der Waals surface area (Å²) < 4.78 is 18.5. The van der Waals surface area contributed by atoms with Crippen LogP contribution in [0.1, 0.15) is 10.4 Å². The minimum absolute atomic E-state index is 0.0554. The van der Waals surface area contributed by atoms with Crippen molar-refractivity contribution in [1.29, 1.82) is 0 Å². The Kier molecular flexibility index (Phi) is 2.16. The van der Waals surface area contributed by atoms with Crippen LogP contribution in [0.4, 0.5) is 4.39 Å². The number of nitrogens with one attached hydrogen (secondary N) is 1. The molecule has 2 aromatic heterocycles. The standard InChI is InChI=1S/C12H7FN2O3/c13-9-3-1-2-6-7(4-14-10(6)9)11-8(12(16)17)5-15-18-11/h1-5,14H,(H,16,17). The van der Waals surface area contributed by atoms with Crippen molar-refractivity contribution in [2.75, 3.05) is 0 Å². The Labute approximate surface area is 99.8 Å². The van der Waals surface area contributed by atoms with E-state index in [0.717, 1.165) is 6.20 Å². The molecule has 0 aliphatic rings. The molecule has 3 rings (SSSR count). The molecule has 0 aliphatic carbocycles. The molecule has 5 nitrogen and oxygen atoms in total. The van der Waals surface area contributed by atoms with Gasteiger partial charge in [0.25, 0.3) is 0 Å². The summed E-state index contributed by atoms with van der Waals surface area (Å²) in [5.74, 6) is -1.44. The number of benzene rings is 1. The van der Waals surface area contributed by atoms with E-state index in [1.165, 1.54) is 12.3 Å². The van der Waals surface area contributed by atoms with Crippen LogP contribution in [0.2, 0.25) is 0 Å². The summed E-state index contributed by atoms with van der Waals surface area (Å²) in [6.07, 6.45) is 2.62. The minimum atomic E-state index is -1.14. The van der Waals surface area contributed by atoms with Gasteiger partial charge in [-0.3, -0.25) is 0 Å². The van der Waals surface area contributed by atoms with Crippen LogP contribution in [0, 0.1) is 5.82 Å². The van der Waals surface area contributed by atoms with E-state index >= 15 is 0 Å². The first-order chi connectivity index (χ1) is 8.68. The Bertz CT molecular complexity index is 745. The SMILES string of the molecule is O=C(O)c1cnoc1-c1c[nH]c2c(F)cccc12. The third kappa shape index (κ3) is 1.39. The van der Waals surface area contributed by atoms with Gasteiger partial charge in [-0.1, -0.05) is 17.3 Å². The lowest BCUT2D eigenvalue weighted by molar-refractivity contribution is 0.0697. The summed E-state index contributed by atoms with van der Waals surface area (Å²) >= 11 is 0. The molecule has 0 radical (unpaired) electrons. The molecule has 0 unspecified atom stereocenters. The predicted octanol–water partition coefficient (Wildman–Crippen LogP) is 2.66. The molecule has 0 amide bonds. The Hall–Kier alpha value is -2.63. The summed E-state index contributed by atoms with van der Waals surface area (Å²) in [5, 5.41) is 13.0. The number of fused-ring (bicyclic) bond motifs is 1. The topological polar surface area (TPSA) is 79.1 Å². The van der Waals surface area contributed by atoms with E-state index in [9.17, 15) is 9.18 Å². The van der Waals surface area contributed by atoms with E-state index in [-0.39, 0.29) is 11.3 Å². The Balaban J connectivity index is 2.29. The number of halogens is 1. The lowest BCUT2D eigenvalue weighted by Crippen LogP contribution is -1.95. The van der Waals surface area contributed by atoms with Gasteiger partial charge in [0.15, 0.2) is 5.76 Å². The fourth-order valence-electron chi connectivity index (χ4n) is 1.89. The second kappa shape index (κ2) is 3.69. The third-order valence-electron chi connectivity index (χ3n) is 2.71. The van der Waals surface area contributed by atoms with Gasteiger partial charge < -0.3 is 14.6 Å². The number of hydrogen-bond acceptors (Lipinski definition) is 3. The van der Waals surface area contributed by atoms with Crippen molar-refractivity contribution >= 4 is 16.9 Å². The molecule has 18 heavy (non-hydrogen) atoms. The van der Waals surface area contributed by atoms with Crippen LogP contribution in [-0.4, -0.2) is 21.2 Å². The lowest BCUT2D eigenvalue weighted by Gasteiger charge is -1.96. The van der Waals surface area contributed by atoms with Crippen LogP contribution in [0.25, 0.3) is 22.2 Å². The predicted molar refractivity (Wildman–Crippen MR) is 60.7 cm³/mol. The highest BCUT2D eigenvalue weighted by Gasteiger charge is 2.20. The van der Waals surface area contributed by atoms with Crippen molar-refractivity contribution in [2.24, 2.45) is 0 Å². The molecule has 3 aromatic rings. The van der Waals surface area contributed by atoms with Gasteiger partial charge >= 0.3 is 5.97 Å². The number of carboxylic acids is 1. The maximum atomic E-state index is 13.5. The first-order valence-electron chi connectivity index (χ1n) is 5.12. The van der Waals surface area contributed by atoms with Crippen LogP contribution in [-0.2, 0) is 0 Å². The van der Waals surface area contributed by atoms with Crippen molar-refractivity contribution in [3.05, 3.63) is 42.0 Å². The average molecular weight is 246 g/mol. The van der Waals surface area contributed by atoms with Gasteiger partial charge in [0.2, 0.25) is 0 Å². The Morgan fingerprint density at radius 1 is 1.44 bits per heavy atom. The molecule has 2 heterocycles. The van der Waals surface area contributed by atoms with E-state index in [1.807, 2.05) is 0 Å². The van der Waals surface area contributed by atoms with Crippen molar-refractivity contribution in [3.63, 3.8) is 0 Å². The fourth-order valence-corrected chi connectivity index (χ4v) is 1.89. The van der Waals surface area contributed by atoms with E-state index in [4.69, 9.17) is 9.63 Å². The van der Waals surface area contributed by atoms with Crippen LogP contribution < -0.4 is 0 Å². The third-order valence-corrected chi connectivity index (χ3v) is 2.71. The number of aromatic carboxylic acids is 1. The zero-order valence-electron chi connectivity index (χ0n) is 8.98. The smallest absolute Gasteiger partial charge is 0.341 e. The number of para-hydroxylation sites is 1. The van der Waals surface area contributed by atoms with Gasteiger partial charge in [-0.25, -0.2) is 9.18 Å².